The molecule has 0 spiro atoms. The molecule has 3 rings (SSSR count). The SMILES string of the molecule is O=C(CCCC1CCCCC1)NCc1ccc(C(=O)N2CCNC(=O)C2)cc1. The Kier molecular flexibility index (Phi) is 7.46. The van der Waals surface area contributed by atoms with Gasteiger partial charge in [0.15, 0.2) is 0 Å². The highest BCUT2D eigenvalue weighted by atomic mass is 16.2. The van der Waals surface area contributed by atoms with Crippen LogP contribution in [0.3, 0.4) is 0 Å². The molecule has 1 aromatic carbocycles. The molecule has 3 amide bonds. The van der Waals surface area contributed by atoms with Crippen molar-refractivity contribution in [2.45, 2.75) is 57.9 Å². The summed E-state index contributed by atoms with van der Waals surface area (Å²) in [5.74, 6) is 0.656. The van der Waals surface area contributed by atoms with Crippen LogP contribution in [0, 0.1) is 5.92 Å². The molecule has 1 aliphatic carbocycles. The van der Waals surface area contributed by atoms with Gasteiger partial charge in [0.05, 0.1) is 6.54 Å². The van der Waals surface area contributed by atoms with Crippen LogP contribution in [-0.4, -0.2) is 42.3 Å². The van der Waals surface area contributed by atoms with Crippen LogP contribution in [0.2, 0.25) is 0 Å². The minimum atomic E-state index is -0.131. The van der Waals surface area contributed by atoms with E-state index in [4.69, 9.17) is 0 Å². The van der Waals surface area contributed by atoms with Crippen molar-refractivity contribution < 1.29 is 14.4 Å². The first kappa shape index (κ1) is 20.4. The standard InChI is InChI=1S/C22H31N3O3/c26-20(8-4-7-17-5-2-1-3-6-17)24-15-18-9-11-19(12-10-18)22(28)25-14-13-23-21(27)16-25/h9-12,17H,1-8,13-16H2,(H,23,27)(H,24,26). The van der Waals surface area contributed by atoms with E-state index in [1.807, 2.05) is 12.1 Å². The van der Waals surface area contributed by atoms with Gasteiger partial charge in [-0.15, -0.1) is 0 Å². The van der Waals surface area contributed by atoms with E-state index >= 15 is 0 Å². The molecule has 2 N–H and O–H groups in total. The Morgan fingerprint density at radius 2 is 1.86 bits per heavy atom. The first-order chi connectivity index (χ1) is 13.6. The summed E-state index contributed by atoms with van der Waals surface area (Å²) in [5.41, 5.74) is 1.53. The maximum absolute atomic E-state index is 12.4. The Labute approximate surface area is 167 Å². The molecule has 1 saturated heterocycles. The summed E-state index contributed by atoms with van der Waals surface area (Å²) in [6.07, 6.45) is 9.44. The van der Waals surface area contributed by atoms with Gasteiger partial charge in [-0.2, -0.15) is 0 Å². The van der Waals surface area contributed by atoms with Crippen molar-refractivity contribution in [3.8, 4) is 0 Å². The smallest absolute Gasteiger partial charge is 0.254 e. The van der Waals surface area contributed by atoms with Gasteiger partial charge >= 0.3 is 0 Å². The van der Waals surface area contributed by atoms with Gasteiger partial charge in [0.1, 0.15) is 0 Å². The van der Waals surface area contributed by atoms with Crippen LogP contribution in [0.15, 0.2) is 24.3 Å². The quantitative estimate of drug-likeness (QED) is 0.757. The second-order valence-electron chi connectivity index (χ2n) is 7.95. The van der Waals surface area contributed by atoms with Crippen LogP contribution in [0.25, 0.3) is 0 Å². The van der Waals surface area contributed by atoms with Crippen LogP contribution in [0.1, 0.15) is 67.3 Å². The van der Waals surface area contributed by atoms with E-state index in [0.717, 1.165) is 17.9 Å². The molecule has 6 heteroatoms. The minimum absolute atomic E-state index is 0.0929. The van der Waals surface area contributed by atoms with E-state index in [1.165, 1.54) is 38.5 Å². The van der Waals surface area contributed by atoms with Crippen molar-refractivity contribution in [2.75, 3.05) is 19.6 Å². The van der Waals surface area contributed by atoms with Gasteiger partial charge in [0.2, 0.25) is 11.8 Å². The van der Waals surface area contributed by atoms with Crippen molar-refractivity contribution in [3.63, 3.8) is 0 Å². The molecule has 6 nitrogen and oxygen atoms in total. The lowest BCUT2D eigenvalue weighted by molar-refractivity contribution is -0.123. The van der Waals surface area contributed by atoms with Gasteiger partial charge in [0.25, 0.3) is 5.91 Å². The molecule has 1 saturated carbocycles. The average Bonchev–Trinajstić information content (AvgIpc) is 2.73. The Bertz CT molecular complexity index is 681. The van der Waals surface area contributed by atoms with Crippen LogP contribution >= 0.6 is 0 Å². The Morgan fingerprint density at radius 1 is 1.11 bits per heavy atom. The summed E-state index contributed by atoms with van der Waals surface area (Å²) < 4.78 is 0. The van der Waals surface area contributed by atoms with Crippen molar-refractivity contribution in [2.24, 2.45) is 5.92 Å². The minimum Gasteiger partial charge on any atom is -0.353 e. The fraction of sp³-hybridized carbons (Fsp3) is 0.591. The highest BCUT2D eigenvalue weighted by Gasteiger charge is 2.22. The number of hydrogen-bond donors (Lipinski definition) is 2. The predicted octanol–water partition coefficient (Wildman–Crippen LogP) is 2.63. The third-order valence-corrected chi connectivity index (χ3v) is 5.76. The zero-order valence-corrected chi connectivity index (χ0v) is 16.5. The van der Waals surface area contributed by atoms with E-state index in [-0.39, 0.29) is 24.3 Å². The molecule has 1 aliphatic heterocycles. The summed E-state index contributed by atoms with van der Waals surface area (Å²) in [4.78, 5) is 37.5. The number of carbonyl (C=O) groups is 3. The molecule has 0 bridgehead atoms. The van der Waals surface area contributed by atoms with E-state index in [2.05, 4.69) is 10.6 Å². The lowest BCUT2D eigenvalue weighted by Crippen LogP contribution is -2.49. The molecule has 0 radical (unpaired) electrons. The maximum Gasteiger partial charge on any atom is 0.254 e. The van der Waals surface area contributed by atoms with Gasteiger partial charge in [-0.25, -0.2) is 0 Å². The largest absolute Gasteiger partial charge is 0.353 e. The third-order valence-electron chi connectivity index (χ3n) is 5.76. The predicted molar refractivity (Wildman–Crippen MR) is 108 cm³/mol. The monoisotopic (exact) mass is 385 g/mol. The Morgan fingerprint density at radius 3 is 2.57 bits per heavy atom. The van der Waals surface area contributed by atoms with Crippen molar-refractivity contribution in [3.05, 3.63) is 35.4 Å². The number of nitrogens with zero attached hydrogens (tertiary/aromatic N) is 1. The number of nitrogens with one attached hydrogen (secondary N) is 2. The first-order valence-corrected chi connectivity index (χ1v) is 10.5. The molecule has 1 aromatic rings. The first-order valence-electron chi connectivity index (χ1n) is 10.5. The van der Waals surface area contributed by atoms with Gasteiger partial charge in [-0.05, 0) is 36.5 Å². The molecule has 2 fully saturated rings. The van der Waals surface area contributed by atoms with Crippen molar-refractivity contribution in [1.29, 1.82) is 0 Å². The molecular weight excluding hydrogens is 354 g/mol. The van der Waals surface area contributed by atoms with E-state index in [9.17, 15) is 14.4 Å². The van der Waals surface area contributed by atoms with Gasteiger partial charge in [-0.3, -0.25) is 14.4 Å². The van der Waals surface area contributed by atoms with Crippen molar-refractivity contribution >= 4 is 17.7 Å². The summed E-state index contributed by atoms with van der Waals surface area (Å²) in [5, 5.41) is 5.68. The number of benzene rings is 1. The van der Waals surface area contributed by atoms with Crippen molar-refractivity contribution in [1.82, 2.24) is 15.5 Å². The number of carbonyl (C=O) groups excluding carboxylic acids is 3. The van der Waals surface area contributed by atoms with E-state index in [0.29, 0.717) is 31.6 Å². The van der Waals surface area contributed by atoms with Gasteiger partial charge < -0.3 is 15.5 Å². The molecule has 152 valence electrons. The Balaban J connectivity index is 1.38. The fourth-order valence-corrected chi connectivity index (χ4v) is 4.08. The van der Waals surface area contributed by atoms with E-state index < -0.39 is 0 Å². The second-order valence-corrected chi connectivity index (χ2v) is 7.95. The van der Waals surface area contributed by atoms with Crippen LogP contribution in [0.5, 0.6) is 0 Å². The lowest BCUT2D eigenvalue weighted by atomic mass is 9.86. The Hall–Kier alpha value is -2.37. The number of hydrogen-bond acceptors (Lipinski definition) is 3. The molecule has 2 aliphatic rings. The summed E-state index contributed by atoms with van der Waals surface area (Å²) in [6, 6.07) is 7.25. The topological polar surface area (TPSA) is 78.5 Å². The highest BCUT2D eigenvalue weighted by Crippen LogP contribution is 2.27. The van der Waals surface area contributed by atoms with Gasteiger partial charge in [-0.1, -0.05) is 44.2 Å². The van der Waals surface area contributed by atoms with E-state index in [1.54, 1.807) is 17.0 Å². The second kappa shape index (κ2) is 10.2. The summed E-state index contributed by atoms with van der Waals surface area (Å²) in [7, 11) is 0. The molecule has 0 aromatic heterocycles. The average molecular weight is 386 g/mol. The highest BCUT2D eigenvalue weighted by molar-refractivity contribution is 5.97. The summed E-state index contributed by atoms with van der Waals surface area (Å²) >= 11 is 0. The number of piperazine rings is 1. The van der Waals surface area contributed by atoms with Gasteiger partial charge in [0, 0.05) is 31.6 Å². The lowest BCUT2D eigenvalue weighted by Gasteiger charge is -2.26. The van der Waals surface area contributed by atoms with Crippen LogP contribution in [-0.2, 0) is 16.1 Å². The molecule has 1 heterocycles. The fourth-order valence-electron chi connectivity index (χ4n) is 4.08. The molecule has 0 atom stereocenters. The summed E-state index contributed by atoms with van der Waals surface area (Å²) in [6.45, 7) is 1.61. The zero-order valence-electron chi connectivity index (χ0n) is 16.5. The van der Waals surface area contributed by atoms with Crippen LogP contribution in [0.4, 0.5) is 0 Å². The zero-order chi connectivity index (χ0) is 19.8. The number of rotatable bonds is 7. The van der Waals surface area contributed by atoms with Crippen LogP contribution < -0.4 is 10.6 Å². The third kappa shape index (κ3) is 6.08. The molecular formula is C22H31N3O3. The number of amides is 3. The molecule has 28 heavy (non-hydrogen) atoms. The normalized spacial score (nSPS) is 17.9. The maximum atomic E-state index is 12.4. The molecule has 0 unspecified atom stereocenters.